The quantitative estimate of drug-likeness (QED) is 0.382. The van der Waals surface area contributed by atoms with Crippen LogP contribution >= 0.6 is 0 Å². The van der Waals surface area contributed by atoms with E-state index in [0.29, 0.717) is 13.1 Å². The van der Waals surface area contributed by atoms with Crippen molar-refractivity contribution in [3.05, 3.63) is 17.5 Å². The van der Waals surface area contributed by atoms with Crippen LogP contribution in [0.4, 0.5) is 0 Å². The molecule has 1 aliphatic heterocycles. The molecule has 0 atom stereocenters. The van der Waals surface area contributed by atoms with Gasteiger partial charge in [-0.15, -0.1) is 0 Å². The topological polar surface area (TPSA) is 103 Å². The van der Waals surface area contributed by atoms with E-state index in [1.54, 1.807) is 0 Å². The molecule has 1 fully saturated rings. The predicted octanol–water partition coefficient (Wildman–Crippen LogP) is -0.385. The highest BCUT2D eigenvalue weighted by Crippen LogP contribution is 2.09. The average Bonchev–Trinajstić information content (AvgIpc) is 2.95. The third kappa shape index (κ3) is 7.00. The summed E-state index contributed by atoms with van der Waals surface area (Å²) in [6.07, 6.45) is 1.15. The van der Waals surface area contributed by atoms with E-state index in [0.717, 1.165) is 62.9 Å². The Bertz CT molecular complexity index is 665. The van der Waals surface area contributed by atoms with Gasteiger partial charge >= 0.3 is 0 Å². The molecule has 0 spiro atoms. The molecule has 25 heavy (non-hydrogen) atoms. The summed E-state index contributed by atoms with van der Waals surface area (Å²) in [4.78, 5) is 9.05. The van der Waals surface area contributed by atoms with Gasteiger partial charge in [-0.3, -0.25) is 9.89 Å². The monoisotopic (exact) mass is 372 g/mol. The molecule has 0 saturated carbocycles. The first-order chi connectivity index (χ1) is 11.9. The smallest absolute Gasteiger partial charge is 0.208 e. The van der Waals surface area contributed by atoms with Gasteiger partial charge in [0.15, 0.2) is 5.96 Å². The lowest BCUT2D eigenvalue weighted by molar-refractivity contribution is 0.169. The van der Waals surface area contributed by atoms with Crippen LogP contribution in [0.5, 0.6) is 0 Å². The van der Waals surface area contributed by atoms with Gasteiger partial charge in [0.05, 0.1) is 18.5 Å². The molecule has 1 aromatic heterocycles. The molecule has 2 N–H and O–H groups in total. The van der Waals surface area contributed by atoms with Gasteiger partial charge in [-0.1, -0.05) is 5.16 Å². The first kappa shape index (κ1) is 19.7. The van der Waals surface area contributed by atoms with Gasteiger partial charge in [-0.05, 0) is 13.8 Å². The molecule has 2 rings (SSSR count). The van der Waals surface area contributed by atoms with Crippen molar-refractivity contribution in [1.29, 1.82) is 0 Å². The standard InChI is InChI=1S/C15H28N6O3S/c1-4-16-15(17-5-6-18-25(3,22)23)21-9-7-20(8-10-21)12-14-11-13(2)24-19-14/h11,18H,4-10,12H2,1-3H3,(H,16,17). The van der Waals surface area contributed by atoms with E-state index in [1.165, 1.54) is 0 Å². The zero-order chi connectivity index (χ0) is 18.3. The molecule has 9 nitrogen and oxygen atoms in total. The lowest BCUT2D eigenvalue weighted by atomic mass is 10.3. The van der Waals surface area contributed by atoms with Crippen LogP contribution in [0.2, 0.25) is 0 Å². The molecule has 0 unspecified atom stereocenters. The van der Waals surface area contributed by atoms with E-state index < -0.39 is 10.0 Å². The number of aliphatic imine (C=N–C) groups is 1. The normalized spacial score (nSPS) is 17.1. The number of rotatable bonds is 7. The van der Waals surface area contributed by atoms with E-state index >= 15 is 0 Å². The number of nitrogens with one attached hydrogen (secondary N) is 2. The SMILES string of the molecule is CCNC(=NCCNS(C)(=O)=O)N1CCN(Cc2cc(C)on2)CC1. The van der Waals surface area contributed by atoms with Crippen LogP contribution in [-0.4, -0.2) is 81.4 Å². The Labute approximate surface area is 149 Å². The number of nitrogens with zero attached hydrogens (tertiary/aromatic N) is 4. The number of hydrogen-bond acceptors (Lipinski definition) is 6. The van der Waals surface area contributed by atoms with Gasteiger partial charge in [0.1, 0.15) is 5.76 Å². The molecule has 1 saturated heterocycles. The molecule has 142 valence electrons. The minimum Gasteiger partial charge on any atom is -0.361 e. The zero-order valence-electron chi connectivity index (χ0n) is 15.2. The maximum absolute atomic E-state index is 11.1. The zero-order valence-corrected chi connectivity index (χ0v) is 16.0. The highest BCUT2D eigenvalue weighted by molar-refractivity contribution is 7.88. The maximum Gasteiger partial charge on any atom is 0.208 e. The minimum atomic E-state index is -3.17. The number of hydrogen-bond donors (Lipinski definition) is 2. The molecule has 0 amide bonds. The van der Waals surface area contributed by atoms with Crippen molar-refractivity contribution in [2.24, 2.45) is 4.99 Å². The summed E-state index contributed by atoms with van der Waals surface area (Å²) in [6.45, 7) is 9.75. The Balaban J connectivity index is 1.82. The number of guanidine groups is 1. The van der Waals surface area contributed by atoms with Crippen LogP contribution in [0.1, 0.15) is 18.4 Å². The fourth-order valence-corrected chi connectivity index (χ4v) is 3.12. The van der Waals surface area contributed by atoms with Crippen molar-refractivity contribution in [3.8, 4) is 0 Å². The van der Waals surface area contributed by atoms with Gasteiger partial charge in [0, 0.05) is 51.9 Å². The highest BCUT2D eigenvalue weighted by atomic mass is 32.2. The van der Waals surface area contributed by atoms with Crippen LogP contribution in [0.3, 0.4) is 0 Å². The fraction of sp³-hybridized carbons (Fsp3) is 0.733. The fourth-order valence-electron chi connectivity index (χ4n) is 2.66. The van der Waals surface area contributed by atoms with Crippen molar-refractivity contribution in [2.75, 3.05) is 52.1 Å². The lowest BCUT2D eigenvalue weighted by Crippen LogP contribution is -2.52. The Kier molecular flexibility index (Phi) is 7.21. The summed E-state index contributed by atoms with van der Waals surface area (Å²) in [6, 6.07) is 1.96. The van der Waals surface area contributed by atoms with Crippen LogP contribution < -0.4 is 10.0 Å². The average molecular weight is 372 g/mol. The van der Waals surface area contributed by atoms with E-state index in [4.69, 9.17) is 4.52 Å². The molecule has 0 aromatic carbocycles. The Morgan fingerprint density at radius 1 is 1.36 bits per heavy atom. The van der Waals surface area contributed by atoms with E-state index in [9.17, 15) is 8.42 Å². The van der Waals surface area contributed by atoms with Crippen LogP contribution in [0.25, 0.3) is 0 Å². The number of aryl methyl sites for hydroxylation is 1. The van der Waals surface area contributed by atoms with Crippen molar-refractivity contribution in [3.63, 3.8) is 0 Å². The molecule has 0 radical (unpaired) electrons. The summed E-state index contributed by atoms with van der Waals surface area (Å²) in [5.74, 6) is 1.66. The van der Waals surface area contributed by atoms with Crippen LogP contribution in [-0.2, 0) is 16.6 Å². The second kappa shape index (κ2) is 9.16. The third-order valence-corrected chi connectivity index (χ3v) is 4.54. The van der Waals surface area contributed by atoms with Gasteiger partial charge in [0.25, 0.3) is 0 Å². The summed E-state index contributed by atoms with van der Waals surface area (Å²) in [5.41, 5.74) is 0.957. The Morgan fingerprint density at radius 2 is 2.08 bits per heavy atom. The minimum absolute atomic E-state index is 0.305. The van der Waals surface area contributed by atoms with E-state index in [2.05, 4.69) is 30.0 Å². The first-order valence-corrected chi connectivity index (χ1v) is 10.4. The molecule has 1 aromatic rings. The second-order valence-corrected chi connectivity index (χ2v) is 7.93. The van der Waals surface area contributed by atoms with Crippen LogP contribution in [0, 0.1) is 6.92 Å². The Hall–Kier alpha value is -1.65. The summed E-state index contributed by atoms with van der Waals surface area (Å²) in [5, 5.41) is 7.31. The molecular weight excluding hydrogens is 344 g/mol. The largest absolute Gasteiger partial charge is 0.361 e. The first-order valence-electron chi connectivity index (χ1n) is 8.50. The summed E-state index contributed by atoms with van der Waals surface area (Å²) < 4.78 is 29.7. The summed E-state index contributed by atoms with van der Waals surface area (Å²) >= 11 is 0. The summed E-state index contributed by atoms with van der Waals surface area (Å²) in [7, 11) is -3.17. The van der Waals surface area contributed by atoms with E-state index in [-0.39, 0.29) is 0 Å². The second-order valence-electron chi connectivity index (χ2n) is 6.09. The number of piperazine rings is 1. The molecular formula is C15H28N6O3S. The van der Waals surface area contributed by atoms with Gasteiger partial charge < -0.3 is 14.7 Å². The molecule has 0 aliphatic carbocycles. The van der Waals surface area contributed by atoms with Crippen molar-refractivity contribution in [1.82, 2.24) is 25.0 Å². The highest BCUT2D eigenvalue weighted by Gasteiger charge is 2.20. The predicted molar refractivity (Wildman–Crippen MR) is 96.9 cm³/mol. The Morgan fingerprint density at radius 3 is 2.64 bits per heavy atom. The van der Waals surface area contributed by atoms with Crippen molar-refractivity contribution >= 4 is 16.0 Å². The van der Waals surface area contributed by atoms with Crippen molar-refractivity contribution < 1.29 is 12.9 Å². The molecule has 0 bridgehead atoms. The van der Waals surface area contributed by atoms with E-state index in [1.807, 2.05) is 19.9 Å². The third-order valence-electron chi connectivity index (χ3n) is 3.81. The lowest BCUT2D eigenvalue weighted by Gasteiger charge is -2.36. The van der Waals surface area contributed by atoms with Gasteiger partial charge in [-0.2, -0.15) is 0 Å². The van der Waals surface area contributed by atoms with Gasteiger partial charge in [0.2, 0.25) is 10.0 Å². The molecule has 10 heteroatoms. The number of aromatic nitrogens is 1. The number of sulfonamides is 1. The van der Waals surface area contributed by atoms with Gasteiger partial charge in [-0.25, -0.2) is 13.1 Å². The maximum atomic E-state index is 11.1. The van der Waals surface area contributed by atoms with Crippen molar-refractivity contribution in [2.45, 2.75) is 20.4 Å². The molecule has 1 aliphatic rings. The van der Waals surface area contributed by atoms with Crippen LogP contribution in [0.15, 0.2) is 15.6 Å². The molecule has 2 heterocycles.